The van der Waals surface area contributed by atoms with Crippen LogP contribution < -0.4 is 11.1 Å². The van der Waals surface area contributed by atoms with Crippen LogP contribution in [-0.4, -0.2) is 47.0 Å². The Hall–Kier alpha value is -3.79. The van der Waals surface area contributed by atoms with E-state index in [0.29, 0.717) is 11.3 Å². The number of hydrogen-bond acceptors (Lipinski definition) is 6. The molecular weight excluding hydrogens is 422 g/mol. The molecule has 8 nitrogen and oxygen atoms in total. The molecule has 0 aliphatic carbocycles. The lowest BCUT2D eigenvalue weighted by atomic mass is 10.2. The summed E-state index contributed by atoms with van der Waals surface area (Å²) in [6.45, 7) is 1.49. The van der Waals surface area contributed by atoms with Gasteiger partial charge in [0.05, 0.1) is 0 Å². The first-order valence-corrected chi connectivity index (χ1v) is 9.80. The van der Waals surface area contributed by atoms with E-state index in [1.54, 1.807) is 29.2 Å². The number of carbonyl (C=O) groups is 2. The second kappa shape index (κ2) is 10.0. The fourth-order valence-electron chi connectivity index (χ4n) is 3.31. The fraction of sp³-hybridized carbons (Fsp3) is 0.227. The number of halogens is 2. The van der Waals surface area contributed by atoms with Gasteiger partial charge in [0.1, 0.15) is 17.2 Å². The van der Waals surface area contributed by atoms with Crippen LogP contribution in [0.25, 0.3) is 11.5 Å². The number of nitrogens with one attached hydrogen (secondary N) is 1. The largest absolute Gasteiger partial charge is 0.419 e. The molecule has 1 aromatic heterocycles. The third-order valence-corrected chi connectivity index (χ3v) is 4.82. The SMILES string of the molecule is CO.NC(=O)c1nc(-c2c(F)cccc2F)oc1Nc1ccc(C(=O)N2CCCC2)cc1. The van der Waals surface area contributed by atoms with E-state index in [2.05, 4.69) is 10.3 Å². The van der Waals surface area contributed by atoms with E-state index in [9.17, 15) is 18.4 Å². The molecule has 1 aliphatic heterocycles. The maximum atomic E-state index is 14.0. The quantitative estimate of drug-likeness (QED) is 0.555. The van der Waals surface area contributed by atoms with Crippen molar-refractivity contribution in [3.05, 3.63) is 65.4 Å². The normalized spacial score (nSPS) is 12.8. The summed E-state index contributed by atoms with van der Waals surface area (Å²) in [7, 11) is 1.00. The summed E-state index contributed by atoms with van der Waals surface area (Å²) < 4.78 is 33.5. The molecule has 2 aromatic carbocycles. The van der Waals surface area contributed by atoms with Gasteiger partial charge in [0.25, 0.3) is 11.8 Å². The fourth-order valence-corrected chi connectivity index (χ4v) is 3.31. The molecule has 1 fully saturated rings. The Labute approximate surface area is 182 Å². The predicted molar refractivity (Wildman–Crippen MR) is 113 cm³/mol. The van der Waals surface area contributed by atoms with Crippen LogP contribution in [0.1, 0.15) is 33.7 Å². The minimum atomic E-state index is -0.926. The highest BCUT2D eigenvalue weighted by molar-refractivity contribution is 5.97. The van der Waals surface area contributed by atoms with Gasteiger partial charge in [-0.25, -0.2) is 13.8 Å². The number of oxazole rings is 1. The average molecular weight is 444 g/mol. The van der Waals surface area contributed by atoms with Crippen molar-refractivity contribution in [3.63, 3.8) is 0 Å². The number of hydrogen-bond donors (Lipinski definition) is 3. The summed E-state index contributed by atoms with van der Waals surface area (Å²) in [6, 6.07) is 9.84. The number of likely N-dealkylation sites (tertiary alicyclic amines) is 1. The smallest absolute Gasteiger partial charge is 0.273 e. The standard InChI is InChI=1S/C21H18F2N4O3.CH4O/c22-14-4-3-5-15(23)16(14)19-26-17(18(24)28)20(30-19)25-13-8-6-12(7-9-13)21(29)27-10-1-2-11-27;1-2/h3-9,25H,1-2,10-11H2,(H2,24,28);2H,1H3. The molecule has 3 aromatic rings. The van der Waals surface area contributed by atoms with Gasteiger partial charge in [-0.15, -0.1) is 0 Å². The molecule has 0 unspecified atom stereocenters. The van der Waals surface area contributed by atoms with Crippen molar-refractivity contribution in [1.29, 1.82) is 0 Å². The first kappa shape index (κ1) is 22.9. The molecule has 0 atom stereocenters. The molecule has 4 rings (SSSR count). The number of nitrogens with zero attached hydrogens (tertiary/aromatic N) is 2. The molecule has 2 amide bonds. The van der Waals surface area contributed by atoms with Gasteiger partial charge in [-0.3, -0.25) is 9.59 Å². The summed E-state index contributed by atoms with van der Waals surface area (Å²) >= 11 is 0. The average Bonchev–Trinajstić information content (AvgIpc) is 3.46. The number of primary amides is 1. The number of aromatic nitrogens is 1. The molecule has 2 heterocycles. The highest BCUT2D eigenvalue weighted by atomic mass is 19.1. The van der Waals surface area contributed by atoms with Gasteiger partial charge >= 0.3 is 0 Å². The Balaban J connectivity index is 0.00000141. The van der Waals surface area contributed by atoms with Gasteiger partial charge in [0.2, 0.25) is 11.8 Å². The maximum Gasteiger partial charge on any atom is 0.273 e. The number of carbonyl (C=O) groups excluding carboxylic acids is 2. The molecule has 0 spiro atoms. The van der Waals surface area contributed by atoms with Crippen molar-refractivity contribution in [2.75, 3.05) is 25.5 Å². The van der Waals surface area contributed by atoms with Crippen molar-refractivity contribution in [3.8, 4) is 11.5 Å². The zero-order valence-electron chi connectivity index (χ0n) is 17.3. The molecule has 32 heavy (non-hydrogen) atoms. The number of nitrogens with two attached hydrogens (primary N) is 1. The molecule has 168 valence electrons. The second-order valence-electron chi connectivity index (χ2n) is 6.86. The summed E-state index contributed by atoms with van der Waals surface area (Å²) in [5.74, 6) is -3.31. The van der Waals surface area contributed by atoms with E-state index in [4.69, 9.17) is 15.3 Å². The molecule has 0 bridgehead atoms. The van der Waals surface area contributed by atoms with Crippen molar-refractivity contribution in [1.82, 2.24) is 9.88 Å². The number of anilines is 2. The molecule has 4 N–H and O–H groups in total. The Kier molecular flexibility index (Phi) is 7.16. The van der Waals surface area contributed by atoms with Gasteiger partial charge in [0, 0.05) is 31.5 Å². The lowest BCUT2D eigenvalue weighted by Crippen LogP contribution is -2.27. The minimum absolute atomic E-state index is 0.0474. The van der Waals surface area contributed by atoms with Crippen molar-refractivity contribution in [2.24, 2.45) is 5.73 Å². The molecule has 1 saturated heterocycles. The summed E-state index contributed by atoms with van der Waals surface area (Å²) in [4.78, 5) is 29.8. The molecule has 1 aliphatic rings. The highest BCUT2D eigenvalue weighted by Gasteiger charge is 2.24. The van der Waals surface area contributed by atoms with Crippen molar-refractivity contribution in [2.45, 2.75) is 12.8 Å². The Morgan fingerprint density at radius 2 is 1.66 bits per heavy atom. The number of amides is 2. The van der Waals surface area contributed by atoms with Gasteiger partial charge < -0.3 is 25.5 Å². The monoisotopic (exact) mass is 444 g/mol. The van der Waals surface area contributed by atoms with Crippen molar-refractivity contribution < 1.29 is 27.9 Å². The van der Waals surface area contributed by atoms with Crippen molar-refractivity contribution >= 4 is 23.4 Å². The van der Waals surface area contributed by atoms with Gasteiger partial charge in [-0.1, -0.05) is 6.07 Å². The zero-order chi connectivity index (χ0) is 23.3. The van der Waals surface area contributed by atoms with Crippen LogP contribution in [0.3, 0.4) is 0 Å². The van der Waals surface area contributed by atoms with Crippen LogP contribution in [0.5, 0.6) is 0 Å². The third kappa shape index (κ3) is 4.75. The lowest BCUT2D eigenvalue weighted by molar-refractivity contribution is 0.0792. The first-order chi connectivity index (χ1) is 15.4. The van der Waals surface area contributed by atoms with Crippen LogP contribution in [0.2, 0.25) is 0 Å². The second-order valence-corrected chi connectivity index (χ2v) is 6.86. The molecule has 10 heteroatoms. The molecular formula is C22H22F2N4O4. The van der Waals surface area contributed by atoms with Crippen LogP contribution >= 0.6 is 0 Å². The van der Waals surface area contributed by atoms with E-state index in [1.165, 1.54) is 6.07 Å². The van der Waals surface area contributed by atoms with E-state index in [1.807, 2.05) is 0 Å². The van der Waals surface area contributed by atoms with Gasteiger partial charge in [-0.2, -0.15) is 0 Å². The number of benzene rings is 2. The predicted octanol–water partition coefficient (Wildman–Crippen LogP) is 3.31. The van der Waals surface area contributed by atoms with Gasteiger partial charge in [0.15, 0.2) is 5.69 Å². The van der Waals surface area contributed by atoms with E-state index < -0.39 is 29.0 Å². The summed E-state index contributed by atoms with van der Waals surface area (Å²) in [5.41, 5.74) is 5.54. The van der Waals surface area contributed by atoms with Crippen LogP contribution in [0, 0.1) is 11.6 Å². The summed E-state index contributed by atoms with van der Waals surface area (Å²) in [6.07, 6.45) is 2.00. The van der Waals surface area contributed by atoms with Crippen LogP contribution in [0.15, 0.2) is 46.9 Å². The molecule has 0 saturated carbocycles. The van der Waals surface area contributed by atoms with Gasteiger partial charge in [-0.05, 0) is 49.2 Å². The molecule has 0 radical (unpaired) electrons. The maximum absolute atomic E-state index is 14.0. The summed E-state index contributed by atoms with van der Waals surface area (Å²) in [5, 5.41) is 9.82. The lowest BCUT2D eigenvalue weighted by Gasteiger charge is -2.15. The Morgan fingerprint density at radius 3 is 2.22 bits per heavy atom. The highest BCUT2D eigenvalue weighted by Crippen LogP contribution is 2.31. The Bertz CT molecular complexity index is 1090. The minimum Gasteiger partial charge on any atom is -0.419 e. The number of aliphatic hydroxyl groups is 1. The van der Waals surface area contributed by atoms with Crippen LogP contribution in [0.4, 0.5) is 20.4 Å². The van der Waals surface area contributed by atoms with E-state index in [0.717, 1.165) is 45.2 Å². The third-order valence-electron chi connectivity index (χ3n) is 4.82. The topological polar surface area (TPSA) is 122 Å². The Morgan fingerprint density at radius 1 is 1.06 bits per heavy atom. The number of rotatable bonds is 5. The zero-order valence-corrected chi connectivity index (χ0v) is 17.3. The first-order valence-electron chi connectivity index (χ1n) is 9.80. The number of aliphatic hydroxyl groups excluding tert-OH is 1. The van der Waals surface area contributed by atoms with Crippen LogP contribution in [-0.2, 0) is 0 Å². The van der Waals surface area contributed by atoms with E-state index >= 15 is 0 Å². The van der Waals surface area contributed by atoms with E-state index in [-0.39, 0.29) is 17.5 Å².